The van der Waals surface area contributed by atoms with Crippen LogP contribution in [0.5, 0.6) is 0 Å². The number of rotatable bonds is 2. The molecule has 2 rings (SSSR count). The van der Waals surface area contributed by atoms with Gasteiger partial charge in [-0.25, -0.2) is 4.79 Å². The van der Waals surface area contributed by atoms with Gasteiger partial charge in [0.05, 0.1) is 13.2 Å². The number of ether oxygens (including phenoxy) is 2. The zero-order chi connectivity index (χ0) is 12.3. The van der Waals surface area contributed by atoms with E-state index in [-0.39, 0.29) is 5.91 Å². The molecule has 2 aliphatic rings. The lowest BCUT2D eigenvalue weighted by Crippen LogP contribution is -2.46. The Kier molecular flexibility index (Phi) is 3.44. The molecule has 2 heterocycles. The fourth-order valence-corrected chi connectivity index (χ4v) is 2.10. The summed E-state index contributed by atoms with van der Waals surface area (Å²) in [5, 5.41) is 8.43. The predicted molar refractivity (Wildman–Crippen MR) is 57.2 cm³/mol. The second-order valence-electron chi connectivity index (χ2n) is 4.10. The van der Waals surface area contributed by atoms with E-state index < -0.39 is 11.8 Å². The number of hydrogen-bond donors (Lipinski definition) is 1. The topological polar surface area (TPSA) is 76.1 Å². The zero-order valence-corrected chi connectivity index (χ0v) is 9.42. The van der Waals surface area contributed by atoms with Crippen molar-refractivity contribution in [1.29, 1.82) is 0 Å². The number of aliphatic carboxylic acids is 1. The van der Waals surface area contributed by atoms with Gasteiger partial charge in [-0.2, -0.15) is 0 Å². The van der Waals surface area contributed by atoms with Gasteiger partial charge in [0.15, 0.2) is 5.79 Å². The molecule has 6 heteroatoms. The van der Waals surface area contributed by atoms with Crippen molar-refractivity contribution in [3.8, 4) is 0 Å². The van der Waals surface area contributed by atoms with Crippen LogP contribution >= 0.6 is 0 Å². The van der Waals surface area contributed by atoms with Crippen LogP contribution in [0.2, 0.25) is 0 Å². The Morgan fingerprint density at radius 3 is 2.24 bits per heavy atom. The number of likely N-dealkylation sites (tertiary alicyclic amines) is 1. The smallest absolute Gasteiger partial charge is 0.328 e. The van der Waals surface area contributed by atoms with Gasteiger partial charge in [-0.05, 0) is 0 Å². The molecule has 2 fully saturated rings. The number of carboxylic acids is 1. The largest absolute Gasteiger partial charge is 0.478 e. The average molecular weight is 241 g/mol. The fourth-order valence-electron chi connectivity index (χ4n) is 2.10. The van der Waals surface area contributed by atoms with E-state index in [1.807, 2.05) is 0 Å². The van der Waals surface area contributed by atoms with Crippen molar-refractivity contribution in [2.24, 2.45) is 0 Å². The van der Waals surface area contributed by atoms with Crippen molar-refractivity contribution in [3.63, 3.8) is 0 Å². The van der Waals surface area contributed by atoms with E-state index in [2.05, 4.69) is 0 Å². The maximum atomic E-state index is 11.6. The van der Waals surface area contributed by atoms with Crippen LogP contribution in [-0.2, 0) is 19.1 Å². The molecule has 0 aromatic heterocycles. The van der Waals surface area contributed by atoms with Gasteiger partial charge in [-0.1, -0.05) is 0 Å². The monoisotopic (exact) mass is 241 g/mol. The van der Waals surface area contributed by atoms with E-state index in [9.17, 15) is 9.59 Å². The van der Waals surface area contributed by atoms with Gasteiger partial charge >= 0.3 is 5.97 Å². The summed E-state index contributed by atoms with van der Waals surface area (Å²) in [6.45, 7) is 2.27. The van der Waals surface area contributed by atoms with E-state index in [4.69, 9.17) is 14.6 Å². The van der Waals surface area contributed by atoms with Gasteiger partial charge in [0.1, 0.15) is 0 Å². The minimum atomic E-state index is -1.12. The van der Waals surface area contributed by atoms with Crippen molar-refractivity contribution < 1.29 is 24.2 Å². The molecular weight excluding hydrogens is 226 g/mol. The van der Waals surface area contributed by atoms with Crippen LogP contribution in [0.25, 0.3) is 0 Å². The van der Waals surface area contributed by atoms with E-state index in [0.29, 0.717) is 39.1 Å². The van der Waals surface area contributed by atoms with Crippen molar-refractivity contribution in [2.75, 3.05) is 26.3 Å². The second-order valence-corrected chi connectivity index (χ2v) is 4.10. The Labute approximate surface area is 98.8 Å². The Hall–Kier alpha value is -1.40. The normalized spacial score (nSPS) is 23.4. The molecule has 94 valence electrons. The van der Waals surface area contributed by atoms with E-state index in [1.54, 1.807) is 4.90 Å². The number of carbonyl (C=O) groups is 2. The Balaban J connectivity index is 1.86. The van der Waals surface area contributed by atoms with E-state index in [0.717, 1.165) is 12.2 Å². The third-order valence-electron chi connectivity index (χ3n) is 3.02. The van der Waals surface area contributed by atoms with Crippen LogP contribution in [0.3, 0.4) is 0 Å². The molecule has 0 unspecified atom stereocenters. The van der Waals surface area contributed by atoms with E-state index in [1.165, 1.54) is 0 Å². The average Bonchev–Trinajstić information content (AvgIpc) is 2.75. The van der Waals surface area contributed by atoms with Crippen LogP contribution in [0.1, 0.15) is 12.8 Å². The van der Waals surface area contributed by atoms with Gasteiger partial charge < -0.3 is 19.5 Å². The van der Waals surface area contributed by atoms with Gasteiger partial charge in [-0.15, -0.1) is 0 Å². The van der Waals surface area contributed by atoms with Crippen LogP contribution < -0.4 is 0 Å². The summed E-state index contributed by atoms with van der Waals surface area (Å²) < 4.78 is 11.1. The van der Waals surface area contributed by atoms with Crippen LogP contribution in [-0.4, -0.2) is 54.0 Å². The first kappa shape index (κ1) is 12.1. The van der Waals surface area contributed by atoms with Crippen LogP contribution in [0, 0.1) is 0 Å². The number of amides is 1. The van der Waals surface area contributed by atoms with Gasteiger partial charge in [0.25, 0.3) is 0 Å². The molecule has 2 aliphatic heterocycles. The highest BCUT2D eigenvalue weighted by Crippen LogP contribution is 2.31. The molecule has 2 saturated heterocycles. The molecule has 0 aliphatic carbocycles. The van der Waals surface area contributed by atoms with Crippen LogP contribution in [0.15, 0.2) is 12.2 Å². The summed E-state index contributed by atoms with van der Waals surface area (Å²) in [4.78, 5) is 23.5. The highest BCUT2D eigenvalue weighted by atomic mass is 16.7. The second kappa shape index (κ2) is 4.85. The summed E-state index contributed by atoms with van der Waals surface area (Å²) in [6, 6.07) is 0. The number of carboxylic acid groups (broad SMARTS) is 1. The Morgan fingerprint density at radius 1 is 1.12 bits per heavy atom. The summed E-state index contributed by atoms with van der Waals surface area (Å²) >= 11 is 0. The highest BCUT2D eigenvalue weighted by molar-refractivity contribution is 5.93. The molecule has 0 radical (unpaired) electrons. The van der Waals surface area contributed by atoms with Crippen molar-refractivity contribution in [1.82, 2.24) is 4.90 Å². The number of carbonyl (C=O) groups excluding carboxylic acids is 1. The van der Waals surface area contributed by atoms with Crippen molar-refractivity contribution in [3.05, 3.63) is 12.2 Å². The molecule has 0 aromatic carbocycles. The lowest BCUT2D eigenvalue weighted by Gasteiger charge is -2.37. The molecular formula is C11H15NO5. The molecule has 1 N–H and O–H groups in total. The van der Waals surface area contributed by atoms with Gasteiger partial charge in [0.2, 0.25) is 5.91 Å². The minimum absolute atomic E-state index is 0.278. The Bertz CT molecular complexity index is 336. The number of nitrogens with zero attached hydrogens (tertiary/aromatic N) is 1. The lowest BCUT2D eigenvalue weighted by atomic mass is 10.0. The van der Waals surface area contributed by atoms with Gasteiger partial charge in [-0.3, -0.25) is 4.79 Å². The first-order valence-corrected chi connectivity index (χ1v) is 5.59. The molecule has 0 bridgehead atoms. The third-order valence-corrected chi connectivity index (χ3v) is 3.02. The summed E-state index contributed by atoms with van der Waals surface area (Å²) in [5.41, 5.74) is 0. The molecule has 17 heavy (non-hydrogen) atoms. The molecule has 6 nitrogen and oxygen atoms in total. The molecule has 0 atom stereocenters. The first-order valence-electron chi connectivity index (χ1n) is 5.59. The maximum absolute atomic E-state index is 11.6. The molecule has 1 spiro atoms. The summed E-state index contributed by atoms with van der Waals surface area (Å²) in [7, 11) is 0. The predicted octanol–water partition coefficient (Wildman–Crippen LogP) is -0.00730. The Morgan fingerprint density at radius 2 is 1.71 bits per heavy atom. The minimum Gasteiger partial charge on any atom is -0.478 e. The number of hydrogen-bond acceptors (Lipinski definition) is 4. The SMILES string of the molecule is O=C(O)/C=C\C(=O)N1CCC2(CC1)OCCO2. The summed E-state index contributed by atoms with van der Waals surface area (Å²) in [6.07, 6.45) is 3.21. The van der Waals surface area contributed by atoms with Crippen molar-refractivity contribution >= 4 is 11.9 Å². The van der Waals surface area contributed by atoms with Crippen LogP contribution in [0.4, 0.5) is 0 Å². The van der Waals surface area contributed by atoms with E-state index >= 15 is 0 Å². The standard InChI is InChI=1S/C11H15NO5/c13-9(1-2-10(14)15)12-5-3-11(4-6-12)16-7-8-17-11/h1-2H,3-8H2,(H,14,15)/b2-1-. The maximum Gasteiger partial charge on any atom is 0.328 e. The van der Waals surface area contributed by atoms with Crippen molar-refractivity contribution in [2.45, 2.75) is 18.6 Å². The molecule has 0 saturated carbocycles. The molecule has 0 aromatic rings. The third kappa shape index (κ3) is 2.83. The fraction of sp³-hybridized carbons (Fsp3) is 0.636. The number of piperidine rings is 1. The quantitative estimate of drug-likeness (QED) is 0.688. The highest BCUT2D eigenvalue weighted by Gasteiger charge is 2.40. The van der Waals surface area contributed by atoms with Gasteiger partial charge in [0, 0.05) is 38.1 Å². The summed E-state index contributed by atoms with van der Waals surface area (Å²) in [5.74, 6) is -1.90. The lowest BCUT2D eigenvalue weighted by molar-refractivity contribution is -0.186. The first-order chi connectivity index (χ1) is 8.11. The molecule has 1 amide bonds. The zero-order valence-electron chi connectivity index (χ0n) is 9.42.